The minimum absolute atomic E-state index is 0.0163. The summed E-state index contributed by atoms with van der Waals surface area (Å²) in [7, 11) is 0. The molecule has 0 radical (unpaired) electrons. The number of nitrogens with zero attached hydrogens (tertiary/aromatic N) is 5. The Kier molecular flexibility index (Phi) is 13.0. The summed E-state index contributed by atoms with van der Waals surface area (Å²) in [5.41, 5.74) is 19.4. The molecule has 16 aromatic rings. The lowest BCUT2D eigenvalue weighted by molar-refractivity contribution is 0.532. The van der Waals surface area contributed by atoms with Gasteiger partial charge >= 0.3 is 0 Å². The quantitative estimate of drug-likeness (QED) is 0.135. The number of para-hydroxylation sites is 3. The summed E-state index contributed by atoms with van der Waals surface area (Å²) in [4.78, 5) is 10.4. The number of anilines is 6. The number of hydrogen-bond acceptors (Lipinski definition) is 3. The van der Waals surface area contributed by atoms with Crippen LogP contribution in [0, 0.1) is 0 Å². The number of pyridine rings is 1. The summed E-state index contributed by atoms with van der Waals surface area (Å²) in [5, 5.41) is 1.99. The van der Waals surface area contributed by atoms with E-state index in [4.69, 9.17) is 6.35 Å². The van der Waals surface area contributed by atoms with Gasteiger partial charge in [0.1, 0.15) is 0 Å². The van der Waals surface area contributed by atoms with Crippen molar-refractivity contribution in [2.24, 2.45) is 0 Å². The lowest BCUT2D eigenvalue weighted by Gasteiger charge is -2.46. The molecule has 3 aromatic heterocycles. The largest absolute Gasteiger partial charge is 0.310 e. The van der Waals surface area contributed by atoms with Crippen LogP contribution in [-0.2, 0) is 27.1 Å². The molecule has 0 bridgehead atoms. The first-order chi connectivity index (χ1) is 57.6. The van der Waals surface area contributed by atoms with E-state index in [1.165, 1.54) is 11.1 Å². The summed E-state index contributed by atoms with van der Waals surface area (Å²) in [6.07, 6.45) is 0. The zero-order valence-electron chi connectivity index (χ0n) is 77.6. The average Bonchev–Trinajstić information content (AvgIpc) is 0.880. The summed E-state index contributed by atoms with van der Waals surface area (Å²) in [5.74, 6) is 0. The minimum Gasteiger partial charge on any atom is -0.310 e. The Labute approximate surface area is 662 Å². The second-order valence-electron chi connectivity index (χ2n) is 34.7. The van der Waals surface area contributed by atoms with E-state index in [2.05, 4.69) is 258 Å². The molecule has 5 heterocycles. The Hall–Kier alpha value is -11.7. The minimum atomic E-state index is -0.760. The number of rotatable bonds is 9. The molecule has 6 heteroatoms. The molecule has 0 saturated carbocycles. The third-order valence-corrected chi connectivity index (χ3v) is 22.3. The first-order valence-corrected chi connectivity index (χ1v) is 37.9. The first kappa shape index (κ1) is 55.7. The van der Waals surface area contributed by atoms with Crippen LogP contribution in [0.3, 0.4) is 0 Å². The van der Waals surface area contributed by atoms with Crippen molar-refractivity contribution >= 4 is 101 Å². The van der Waals surface area contributed by atoms with E-state index in [0.29, 0.717) is 28.3 Å². The zero-order chi connectivity index (χ0) is 86.7. The highest BCUT2D eigenvalue weighted by Gasteiger charge is 2.47. The lowest BCUT2D eigenvalue weighted by atomic mass is 9.33. The van der Waals surface area contributed by atoms with E-state index < -0.39 is 96.1 Å². The van der Waals surface area contributed by atoms with Crippen molar-refractivity contribution in [1.29, 1.82) is 0 Å². The van der Waals surface area contributed by atoms with Crippen molar-refractivity contribution in [1.82, 2.24) is 14.1 Å². The maximum atomic E-state index is 10.3. The lowest BCUT2D eigenvalue weighted by Crippen LogP contribution is -2.61. The zero-order valence-corrected chi connectivity index (χ0v) is 64.6. The van der Waals surface area contributed by atoms with Gasteiger partial charge in [-0.15, -0.1) is 0 Å². The molecule has 0 unspecified atom stereocenters. The van der Waals surface area contributed by atoms with Crippen molar-refractivity contribution < 1.29 is 17.8 Å². The number of fused-ring (bicyclic) bond motifs is 10. The molecule has 0 N–H and O–H groups in total. The van der Waals surface area contributed by atoms with Crippen LogP contribution < -0.4 is 26.2 Å². The van der Waals surface area contributed by atoms with Gasteiger partial charge in [-0.05, 0) is 162 Å². The van der Waals surface area contributed by atoms with Crippen LogP contribution >= 0.6 is 0 Å². The molecule has 109 heavy (non-hydrogen) atoms. The van der Waals surface area contributed by atoms with E-state index in [1.807, 2.05) is 78.9 Å². The maximum Gasteiger partial charge on any atom is 0.252 e. The average molecular weight is 1430 g/mol. The number of hydrogen-bond donors (Lipinski definition) is 0. The highest BCUT2D eigenvalue weighted by molar-refractivity contribution is 7.00. The molecule has 13 aromatic carbocycles. The van der Waals surface area contributed by atoms with Crippen LogP contribution in [0.4, 0.5) is 34.1 Å². The molecule has 0 fully saturated rings. The normalized spacial score (nSPS) is 14.9. The van der Waals surface area contributed by atoms with Gasteiger partial charge in [0, 0.05) is 94.3 Å². The van der Waals surface area contributed by atoms with E-state index in [1.54, 1.807) is 4.57 Å². The van der Waals surface area contributed by atoms with Gasteiger partial charge in [-0.25, -0.2) is 0 Å². The monoisotopic (exact) mass is 1420 g/mol. The fourth-order valence-corrected chi connectivity index (χ4v) is 16.7. The molecule has 2 aliphatic rings. The molecular formula is C103H94BN5. The molecule has 0 saturated heterocycles. The van der Waals surface area contributed by atoms with Crippen molar-refractivity contribution in [3.63, 3.8) is 0 Å². The van der Waals surface area contributed by atoms with Gasteiger partial charge in [-0.1, -0.05) is 316 Å². The standard InChI is InChI=1S/C103H94BN5/c1-99(2,3)70-48-54-88-81(58-70)82-59-71(100(4,5)6)49-55-89(82)106(88)73-50-53-85-91(62-73)109(96-75(66-35-22-17-23-36-66)43-32-44-76(96)67-37-24-18-25-38-67)93-64-74(107-86-45-30-28-41-77(86)78-42-29-31-46-87(78)107)63-92-95(93)104(85)84-52-47-69(65-33-20-16-21-34-65)57-90(84)108(92)97-80(68-39-26-19-27-40-68)60-72(101(7,8)9)61-83(97)79-51-56-94(102(10,11)12)105-98(79)103(13,14)15/h16-64H,1-15H3/i16D,20D,21D,28D,29D,30D,31D,33D,34D,41D,42D,45D,46D. The van der Waals surface area contributed by atoms with E-state index in [9.17, 15) is 16.4 Å². The molecule has 2 aliphatic heterocycles. The third-order valence-electron chi connectivity index (χ3n) is 22.3. The molecule has 0 aliphatic carbocycles. The fraction of sp³-hybridized carbons (Fsp3) is 0.194. The van der Waals surface area contributed by atoms with Gasteiger partial charge in [0.05, 0.1) is 62.6 Å². The molecule has 18 rings (SSSR count). The predicted octanol–water partition coefficient (Wildman–Crippen LogP) is 26.2. The van der Waals surface area contributed by atoms with Gasteiger partial charge in [0.15, 0.2) is 0 Å². The van der Waals surface area contributed by atoms with E-state index in [0.717, 1.165) is 117 Å². The Morgan fingerprint density at radius 2 is 0.752 bits per heavy atom. The van der Waals surface area contributed by atoms with Crippen molar-refractivity contribution in [3.05, 3.63) is 325 Å². The Morgan fingerprint density at radius 3 is 1.27 bits per heavy atom. The topological polar surface area (TPSA) is 29.2 Å². The fourth-order valence-electron chi connectivity index (χ4n) is 16.7. The molecule has 0 spiro atoms. The van der Waals surface area contributed by atoms with Crippen LogP contribution in [-0.4, -0.2) is 20.8 Å². The van der Waals surface area contributed by atoms with Crippen LogP contribution in [0.25, 0.3) is 111 Å². The van der Waals surface area contributed by atoms with Gasteiger partial charge in [0.2, 0.25) is 0 Å². The summed E-state index contributed by atoms with van der Waals surface area (Å²) < 4.78 is 130. The van der Waals surface area contributed by atoms with Crippen molar-refractivity contribution in [2.75, 3.05) is 9.80 Å². The van der Waals surface area contributed by atoms with Crippen LogP contribution in [0.1, 0.15) is 150 Å². The SMILES string of the molecule is [2H]c1c([2H])c([2H])c(-c2ccc3c(c2)N(c2c(-c4ccccc4)cc(C(C)(C)C)cc2-c2ccc(C(C)(C)C)nc2C(C)(C)C)c2cc(-n4c5c([2H])c([2H])c([2H])c([2H])c5c5c([2H])c([2H])c([2H])c([2H])c54)cc4c2B3c2ccc(-n3c5ccc(C(C)(C)C)cc5c5cc(C(C)(C)C)ccc53)cc2N4c2c(-c3ccccc3)cccc2-c2ccccc2)c([2H])c1[2H]. The molecule has 5 nitrogen and oxygen atoms in total. The first-order valence-electron chi connectivity index (χ1n) is 44.4. The molecule has 0 atom stereocenters. The Morgan fingerprint density at radius 1 is 0.294 bits per heavy atom. The summed E-state index contributed by atoms with van der Waals surface area (Å²) >= 11 is 0. The van der Waals surface area contributed by atoms with Crippen LogP contribution in [0.5, 0.6) is 0 Å². The molecule has 534 valence electrons. The Bertz CT molecular complexity index is 6910. The number of aromatic nitrogens is 3. The van der Waals surface area contributed by atoms with Crippen molar-refractivity contribution in [3.8, 4) is 67.0 Å². The van der Waals surface area contributed by atoms with Gasteiger partial charge in [-0.2, -0.15) is 0 Å². The third kappa shape index (κ3) is 11.6. The van der Waals surface area contributed by atoms with Gasteiger partial charge < -0.3 is 18.9 Å². The number of benzene rings is 13. The van der Waals surface area contributed by atoms with E-state index in [-0.39, 0.29) is 49.3 Å². The summed E-state index contributed by atoms with van der Waals surface area (Å²) in [6, 6.07) is 70.0. The molecular weight excluding hydrogens is 1320 g/mol. The molecule has 0 amide bonds. The smallest absolute Gasteiger partial charge is 0.252 e. The Balaban J connectivity index is 1.11. The second kappa shape index (κ2) is 25.5. The highest BCUT2D eigenvalue weighted by atomic mass is 15.2. The maximum absolute atomic E-state index is 10.3. The highest BCUT2D eigenvalue weighted by Crippen LogP contribution is 2.56. The van der Waals surface area contributed by atoms with E-state index >= 15 is 0 Å². The summed E-state index contributed by atoms with van der Waals surface area (Å²) in [6.45, 7) is 32.3. The van der Waals surface area contributed by atoms with Crippen molar-refractivity contribution in [2.45, 2.75) is 131 Å². The predicted molar refractivity (Wildman–Crippen MR) is 468 cm³/mol. The van der Waals surface area contributed by atoms with Gasteiger partial charge in [-0.3, -0.25) is 4.98 Å². The van der Waals surface area contributed by atoms with Crippen LogP contribution in [0.15, 0.2) is 297 Å². The van der Waals surface area contributed by atoms with Crippen LogP contribution in [0.2, 0.25) is 0 Å². The second-order valence-corrected chi connectivity index (χ2v) is 34.7. The van der Waals surface area contributed by atoms with Gasteiger partial charge in [0.25, 0.3) is 6.71 Å².